The summed E-state index contributed by atoms with van der Waals surface area (Å²) < 4.78 is 3.29. The van der Waals surface area contributed by atoms with Gasteiger partial charge in [-0.2, -0.15) is 5.10 Å². The van der Waals surface area contributed by atoms with Crippen LogP contribution >= 0.6 is 11.3 Å². The molecule has 4 aromatic heterocycles. The number of thiazole rings is 1. The summed E-state index contributed by atoms with van der Waals surface area (Å²) >= 11 is 1.58. The Balaban J connectivity index is 1.34. The molecule has 0 spiro atoms. The van der Waals surface area contributed by atoms with Crippen LogP contribution in [0.4, 0.5) is 0 Å². The van der Waals surface area contributed by atoms with E-state index in [2.05, 4.69) is 20.1 Å². The summed E-state index contributed by atoms with van der Waals surface area (Å²) in [6.07, 6.45) is 7.90. The van der Waals surface area contributed by atoms with Gasteiger partial charge in [0.1, 0.15) is 5.69 Å². The Morgan fingerprint density at radius 1 is 1.03 bits per heavy atom. The Labute approximate surface area is 200 Å². The van der Waals surface area contributed by atoms with E-state index >= 15 is 0 Å². The van der Waals surface area contributed by atoms with Gasteiger partial charge in [-0.1, -0.05) is 30.3 Å². The number of aryl methyl sites for hydroxylation is 3. The maximum absolute atomic E-state index is 13.2. The Bertz CT molecular complexity index is 1500. The quantitative estimate of drug-likeness (QED) is 0.316. The van der Waals surface area contributed by atoms with Crippen LogP contribution in [0.1, 0.15) is 42.8 Å². The first kappa shape index (κ1) is 21.8. The molecule has 0 fully saturated rings. The second-order valence-electron chi connectivity index (χ2n) is 8.04. The second kappa shape index (κ2) is 9.11. The van der Waals surface area contributed by atoms with Gasteiger partial charge in [0.05, 0.1) is 34.6 Å². The van der Waals surface area contributed by atoms with Gasteiger partial charge in [0.15, 0.2) is 11.6 Å². The van der Waals surface area contributed by atoms with Crippen molar-refractivity contribution in [1.29, 1.82) is 0 Å². The van der Waals surface area contributed by atoms with Gasteiger partial charge in [0.2, 0.25) is 5.78 Å². The molecule has 4 heterocycles. The average Bonchev–Trinajstić information content (AvgIpc) is 3.55. The largest absolute Gasteiger partial charge is 0.294 e. The summed E-state index contributed by atoms with van der Waals surface area (Å²) in [5.74, 6) is 0.192. The molecule has 1 aromatic carbocycles. The number of carbonyl (C=O) groups excluding carboxylic acids is 2. The number of imidazole rings is 1. The summed E-state index contributed by atoms with van der Waals surface area (Å²) in [5, 5.41) is 5.08. The van der Waals surface area contributed by atoms with Crippen LogP contribution in [0.2, 0.25) is 0 Å². The molecule has 0 aliphatic carbocycles. The fraction of sp³-hybridized carbons (Fsp3) is 0.200. The van der Waals surface area contributed by atoms with Crippen molar-refractivity contribution in [1.82, 2.24) is 29.1 Å². The molecule has 0 aliphatic heterocycles. The van der Waals surface area contributed by atoms with E-state index in [9.17, 15) is 9.59 Å². The molecule has 5 rings (SSSR count). The molecule has 0 aliphatic rings. The van der Waals surface area contributed by atoms with Crippen molar-refractivity contribution in [3.63, 3.8) is 0 Å². The molecule has 5 aromatic rings. The molecule has 0 unspecified atom stereocenters. The summed E-state index contributed by atoms with van der Waals surface area (Å²) in [7, 11) is 1.67. The zero-order valence-corrected chi connectivity index (χ0v) is 19.6. The van der Waals surface area contributed by atoms with E-state index in [4.69, 9.17) is 0 Å². The zero-order chi connectivity index (χ0) is 23.7. The third-order valence-corrected chi connectivity index (χ3v) is 6.51. The van der Waals surface area contributed by atoms with Crippen LogP contribution in [0.15, 0.2) is 61.2 Å². The number of carbonyl (C=O) groups is 2. The van der Waals surface area contributed by atoms with Crippen molar-refractivity contribution < 1.29 is 9.59 Å². The van der Waals surface area contributed by atoms with Crippen molar-refractivity contribution in [3.05, 3.63) is 88.0 Å². The number of nitrogens with zero attached hydrogens (tertiary/aromatic N) is 6. The van der Waals surface area contributed by atoms with Gasteiger partial charge < -0.3 is 0 Å². The smallest absolute Gasteiger partial charge is 0.234 e. The molecule has 0 amide bonds. The molecule has 170 valence electrons. The van der Waals surface area contributed by atoms with Gasteiger partial charge in [-0.05, 0) is 13.0 Å². The number of fused-ring (bicyclic) bond motifs is 1. The highest BCUT2D eigenvalue weighted by Crippen LogP contribution is 2.20. The van der Waals surface area contributed by atoms with Crippen LogP contribution in [0.5, 0.6) is 0 Å². The Hall–Kier alpha value is -3.98. The lowest BCUT2D eigenvalue weighted by Gasteiger charge is -2.05. The second-order valence-corrected chi connectivity index (χ2v) is 9.36. The summed E-state index contributed by atoms with van der Waals surface area (Å²) in [6.45, 7) is 1.98. The molecule has 0 saturated carbocycles. The number of hydrogen-bond acceptors (Lipinski definition) is 7. The van der Waals surface area contributed by atoms with Gasteiger partial charge >= 0.3 is 0 Å². The van der Waals surface area contributed by atoms with Crippen LogP contribution in [0.25, 0.3) is 17.0 Å². The molecular weight excluding hydrogens is 448 g/mol. The maximum Gasteiger partial charge on any atom is 0.234 e. The van der Waals surface area contributed by atoms with E-state index in [-0.39, 0.29) is 24.4 Å². The van der Waals surface area contributed by atoms with Crippen molar-refractivity contribution >= 4 is 28.7 Å². The Morgan fingerprint density at radius 3 is 2.62 bits per heavy atom. The SMILES string of the molecule is Cc1cnc(CCC(=O)c2cnn(C)c2C(=O)Cc2ccn3cc(-c4ccccc4)nc3n2)s1. The van der Waals surface area contributed by atoms with Gasteiger partial charge in [-0.3, -0.25) is 18.7 Å². The number of hydrogen-bond donors (Lipinski definition) is 0. The predicted molar refractivity (Wildman–Crippen MR) is 129 cm³/mol. The van der Waals surface area contributed by atoms with Crippen LogP contribution in [-0.2, 0) is 19.9 Å². The molecular formula is C25H22N6O2S. The lowest BCUT2D eigenvalue weighted by molar-refractivity contribution is 0.0949. The number of ketones is 2. The van der Waals surface area contributed by atoms with E-state index in [0.717, 1.165) is 21.1 Å². The van der Waals surface area contributed by atoms with Gasteiger partial charge in [0, 0.05) is 48.9 Å². The van der Waals surface area contributed by atoms with E-state index in [0.29, 0.717) is 29.1 Å². The fourth-order valence-corrected chi connectivity index (χ4v) is 4.63. The molecule has 0 saturated heterocycles. The predicted octanol–water partition coefficient (Wildman–Crippen LogP) is 4.14. The number of Topliss-reactive ketones (excluding diaryl/α,β-unsaturated/α-hetero) is 2. The highest BCUT2D eigenvalue weighted by Gasteiger charge is 2.23. The average molecular weight is 471 g/mol. The highest BCUT2D eigenvalue weighted by atomic mass is 32.1. The molecule has 8 nitrogen and oxygen atoms in total. The number of rotatable bonds is 8. The monoisotopic (exact) mass is 470 g/mol. The van der Waals surface area contributed by atoms with Crippen molar-refractivity contribution in [2.75, 3.05) is 0 Å². The topological polar surface area (TPSA) is 95.0 Å². The molecule has 0 radical (unpaired) electrons. The first-order valence-electron chi connectivity index (χ1n) is 10.9. The van der Waals surface area contributed by atoms with E-state index < -0.39 is 0 Å². The maximum atomic E-state index is 13.2. The third kappa shape index (κ3) is 4.42. The molecule has 9 heteroatoms. The van der Waals surface area contributed by atoms with Gasteiger partial charge in [-0.15, -0.1) is 11.3 Å². The molecule has 34 heavy (non-hydrogen) atoms. The van der Waals surface area contributed by atoms with E-state index in [1.54, 1.807) is 30.6 Å². The zero-order valence-electron chi connectivity index (χ0n) is 18.8. The van der Waals surface area contributed by atoms with Crippen molar-refractivity contribution in [2.24, 2.45) is 7.05 Å². The minimum Gasteiger partial charge on any atom is -0.294 e. The molecule has 0 bridgehead atoms. The Kier molecular flexibility index (Phi) is 5.85. The van der Waals surface area contributed by atoms with E-state index in [1.807, 2.05) is 54.0 Å². The van der Waals surface area contributed by atoms with Crippen LogP contribution in [0, 0.1) is 6.92 Å². The normalized spacial score (nSPS) is 11.2. The first-order chi connectivity index (χ1) is 16.5. The summed E-state index contributed by atoms with van der Waals surface area (Å²) in [6, 6.07) is 11.7. The molecule has 0 atom stereocenters. The molecule has 0 N–H and O–H groups in total. The lowest BCUT2D eigenvalue weighted by Crippen LogP contribution is -2.15. The van der Waals surface area contributed by atoms with Crippen LogP contribution in [-0.4, -0.2) is 40.7 Å². The number of benzene rings is 1. The summed E-state index contributed by atoms with van der Waals surface area (Å²) in [5.41, 5.74) is 3.04. The Morgan fingerprint density at radius 2 is 1.85 bits per heavy atom. The van der Waals surface area contributed by atoms with Crippen LogP contribution in [0.3, 0.4) is 0 Å². The fourth-order valence-electron chi connectivity index (χ4n) is 3.85. The minimum absolute atomic E-state index is 0.0511. The highest BCUT2D eigenvalue weighted by molar-refractivity contribution is 7.11. The third-order valence-electron chi connectivity index (χ3n) is 5.53. The number of aromatic nitrogens is 6. The minimum atomic E-state index is -0.208. The van der Waals surface area contributed by atoms with Gasteiger partial charge in [-0.25, -0.2) is 15.0 Å². The standard InChI is InChI=1S/C25H22N6O2S/c1-16-13-26-23(34-16)9-8-21(32)19-14-27-30(2)24(19)22(33)12-18-10-11-31-15-20(29-25(31)28-18)17-6-4-3-5-7-17/h3-7,10-11,13-15H,8-9,12H2,1-2H3. The van der Waals surface area contributed by atoms with Crippen LogP contribution < -0.4 is 0 Å². The van der Waals surface area contributed by atoms with Crippen molar-refractivity contribution in [3.8, 4) is 11.3 Å². The van der Waals surface area contributed by atoms with Gasteiger partial charge in [0.25, 0.3) is 0 Å². The lowest BCUT2D eigenvalue weighted by atomic mass is 10.0. The van der Waals surface area contributed by atoms with E-state index in [1.165, 1.54) is 10.9 Å². The first-order valence-corrected chi connectivity index (χ1v) is 11.7. The summed E-state index contributed by atoms with van der Waals surface area (Å²) in [4.78, 5) is 40.6. The van der Waals surface area contributed by atoms with Crippen molar-refractivity contribution in [2.45, 2.75) is 26.2 Å².